The zero-order valence-electron chi connectivity index (χ0n) is 14.8. The number of carbonyl (C=O) groups is 1. The summed E-state index contributed by atoms with van der Waals surface area (Å²) in [5.74, 6) is 0.187. The lowest BCUT2D eigenvalue weighted by molar-refractivity contribution is -0.130. The van der Waals surface area contributed by atoms with Crippen molar-refractivity contribution >= 4 is 16.9 Å². The zero-order valence-corrected chi connectivity index (χ0v) is 14.8. The van der Waals surface area contributed by atoms with Gasteiger partial charge in [-0.15, -0.1) is 0 Å². The van der Waals surface area contributed by atoms with Gasteiger partial charge in [-0.25, -0.2) is 0 Å². The molecule has 25 heavy (non-hydrogen) atoms. The van der Waals surface area contributed by atoms with Crippen LogP contribution in [0.15, 0.2) is 34.9 Å². The molecule has 0 N–H and O–H groups in total. The molecule has 2 atom stereocenters. The summed E-state index contributed by atoms with van der Waals surface area (Å²) >= 11 is 0. The van der Waals surface area contributed by atoms with Crippen LogP contribution in [0.5, 0.6) is 0 Å². The Balaban J connectivity index is 1.26. The standard InChI is InChI=1S/C20H26N2O3/c1-15(23)22-9-7-21(8-10-22)14-19-4-3-18(25-19)13-16-2-5-20-17(12-16)6-11-24-20/h2,5-6,11-12,18-19H,3-4,7-10,13-14H2,1H3/t18-,19+/m1/s1. The highest BCUT2D eigenvalue weighted by Crippen LogP contribution is 2.25. The highest BCUT2D eigenvalue weighted by Gasteiger charge is 2.28. The minimum Gasteiger partial charge on any atom is -0.464 e. The van der Waals surface area contributed by atoms with E-state index in [9.17, 15) is 4.79 Å². The van der Waals surface area contributed by atoms with Gasteiger partial charge in [0.2, 0.25) is 5.91 Å². The third-order valence-corrected chi connectivity index (χ3v) is 5.46. The van der Waals surface area contributed by atoms with Crippen LogP contribution in [0, 0.1) is 0 Å². The van der Waals surface area contributed by atoms with E-state index in [1.165, 1.54) is 5.56 Å². The van der Waals surface area contributed by atoms with Gasteiger partial charge < -0.3 is 14.1 Å². The summed E-state index contributed by atoms with van der Waals surface area (Å²) < 4.78 is 11.7. The smallest absolute Gasteiger partial charge is 0.219 e. The van der Waals surface area contributed by atoms with E-state index in [1.807, 2.05) is 17.0 Å². The lowest BCUT2D eigenvalue weighted by Crippen LogP contribution is -2.49. The highest BCUT2D eigenvalue weighted by atomic mass is 16.5. The molecule has 2 aliphatic heterocycles. The van der Waals surface area contributed by atoms with E-state index in [2.05, 4.69) is 17.0 Å². The number of amides is 1. The molecule has 2 fully saturated rings. The molecule has 134 valence electrons. The number of nitrogens with zero attached hydrogens (tertiary/aromatic N) is 2. The lowest BCUT2D eigenvalue weighted by atomic mass is 10.0. The van der Waals surface area contributed by atoms with Crippen molar-refractivity contribution in [3.05, 3.63) is 36.1 Å². The summed E-state index contributed by atoms with van der Waals surface area (Å²) in [7, 11) is 0. The number of hydrogen-bond donors (Lipinski definition) is 0. The van der Waals surface area contributed by atoms with Crippen LogP contribution in [0.2, 0.25) is 0 Å². The SMILES string of the molecule is CC(=O)N1CCN(C[C@@H]2CC[C@H](Cc3ccc4occc4c3)O2)CC1. The van der Waals surface area contributed by atoms with Crippen molar-refractivity contribution in [2.45, 2.75) is 38.4 Å². The molecule has 2 saturated heterocycles. The Bertz CT molecular complexity index is 733. The minimum absolute atomic E-state index is 0.187. The molecule has 0 radical (unpaired) electrons. The molecule has 1 amide bonds. The first-order valence-corrected chi connectivity index (χ1v) is 9.27. The second kappa shape index (κ2) is 7.18. The van der Waals surface area contributed by atoms with Crippen molar-refractivity contribution in [2.75, 3.05) is 32.7 Å². The van der Waals surface area contributed by atoms with Gasteiger partial charge in [-0.05, 0) is 43.0 Å². The quantitative estimate of drug-likeness (QED) is 0.857. The van der Waals surface area contributed by atoms with Crippen LogP contribution in [0.25, 0.3) is 11.0 Å². The predicted octanol–water partition coefficient (Wildman–Crippen LogP) is 2.69. The molecule has 2 aromatic rings. The van der Waals surface area contributed by atoms with Gasteiger partial charge in [0.15, 0.2) is 0 Å². The predicted molar refractivity (Wildman–Crippen MR) is 96.5 cm³/mol. The molecule has 1 aromatic carbocycles. The second-order valence-corrected chi connectivity index (χ2v) is 7.26. The fraction of sp³-hybridized carbons (Fsp3) is 0.550. The molecule has 0 spiro atoms. The van der Waals surface area contributed by atoms with Crippen molar-refractivity contribution < 1.29 is 13.9 Å². The summed E-state index contributed by atoms with van der Waals surface area (Å²) in [6.07, 6.45) is 5.60. The Kier molecular flexibility index (Phi) is 4.77. The summed E-state index contributed by atoms with van der Waals surface area (Å²) in [5, 5.41) is 1.16. The van der Waals surface area contributed by atoms with Crippen LogP contribution in [-0.2, 0) is 16.0 Å². The fourth-order valence-corrected chi connectivity index (χ4v) is 4.00. The first-order chi connectivity index (χ1) is 12.2. The molecule has 4 rings (SSSR count). The number of ether oxygens (including phenoxy) is 1. The molecule has 3 heterocycles. The van der Waals surface area contributed by atoms with E-state index >= 15 is 0 Å². The maximum Gasteiger partial charge on any atom is 0.219 e. The Morgan fingerprint density at radius 1 is 1.12 bits per heavy atom. The van der Waals surface area contributed by atoms with E-state index in [-0.39, 0.29) is 5.91 Å². The van der Waals surface area contributed by atoms with Crippen LogP contribution in [0.1, 0.15) is 25.3 Å². The summed E-state index contributed by atoms with van der Waals surface area (Å²) in [4.78, 5) is 15.8. The van der Waals surface area contributed by atoms with Crippen molar-refractivity contribution in [1.29, 1.82) is 0 Å². The largest absolute Gasteiger partial charge is 0.464 e. The average molecular weight is 342 g/mol. The van der Waals surface area contributed by atoms with Crippen LogP contribution in [-0.4, -0.2) is 60.6 Å². The summed E-state index contributed by atoms with van der Waals surface area (Å²) in [5.41, 5.74) is 2.26. The maximum atomic E-state index is 11.4. The van der Waals surface area contributed by atoms with E-state index in [0.717, 1.165) is 63.0 Å². The van der Waals surface area contributed by atoms with Gasteiger partial charge in [-0.3, -0.25) is 9.69 Å². The first kappa shape index (κ1) is 16.6. The van der Waals surface area contributed by atoms with Gasteiger partial charge in [-0.1, -0.05) is 6.07 Å². The van der Waals surface area contributed by atoms with Gasteiger partial charge in [0.25, 0.3) is 0 Å². The number of carbonyl (C=O) groups excluding carboxylic acids is 1. The Morgan fingerprint density at radius 3 is 2.72 bits per heavy atom. The topological polar surface area (TPSA) is 45.9 Å². The molecule has 0 saturated carbocycles. The first-order valence-electron chi connectivity index (χ1n) is 9.27. The van der Waals surface area contributed by atoms with Gasteiger partial charge in [0.1, 0.15) is 5.58 Å². The number of benzene rings is 1. The third kappa shape index (κ3) is 3.88. The Hall–Kier alpha value is -1.85. The van der Waals surface area contributed by atoms with Gasteiger partial charge >= 0.3 is 0 Å². The van der Waals surface area contributed by atoms with Crippen molar-refractivity contribution in [2.24, 2.45) is 0 Å². The number of fused-ring (bicyclic) bond motifs is 1. The maximum absolute atomic E-state index is 11.4. The molecule has 0 unspecified atom stereocenters. The second-order valence-electron chi connectivity index (χ2n) is 7.26. The number of hydrogen-bond acceptors (Lipinski definition) is 4. The number of rotatable bonds is 4. The normalized spacial score (nSPS) is 24.9. The van der Waals surface area contributed by atoms with Crippen molar-refractivity contribution in [1.82, 2.24) is 9.80 Å². The van der Waals surface area contributed by atoms with Crippen LogP contribution < -0.4 is 0 Å². The monoisotopic (exact) mass is 342 g/mol. The molecule has 1 aromatic heterocycles. The minimum atomic E-state index is 0.187. The van der Waals surface area contributed by atoms with Crippen molar-refractivity contribution in [3.63, 3.8) is 0 Å². The number of piperazine rings is 1. The molecule has 0 bridgehead atoms. The van der Waals surface area contributed by atoms with E-state index in [4.69, 9.17) is 9.15 Å². The molecular weight excluding hydrogens is 316 g/mol. The molecule has 5 heteroatoms. The average Bonchev–Trinajstić information content (AvgIpc) is 3.24. The molecule has 5 nitrogen and oxygen atoms in total. The molecule has 2 aliphatic rings. The summed E-state index contributed by atoms with van der Waals surface area (Å²) in [6.45, 7) is 6.25. The highest BCUT2D eigenvalue weighted by molar-refractivity contribution is 5.77. The number of furan rings is 1. The Labute approximate surface area is 148 Å². The van der Waals surface area contributed by atoms with Gasteiger partial charge in [-0.2, -0.15) is 0 Å². The third-order valence-electron chi connectivity index (χ3n) is 5.46. The lowest BCUT2D eigenvalue weighted by Gasteiger charge is -2.35. The van der Waals surface area contributed by atoms with Crippen LogP contribution >= 0.6 is 0 Å². The van der Waals surface area contributed by atoms with Crippen LogP contribution in [0.4, 0.5) is 0 Å². The summed E-state index contributed by atoms with van der Waals surface area (Å²) in [6, 6.07) is 8.41. The molecular formula is C20H26N2O3. The fourth-order valence-electron chi connectivity index (χ4n) is 4.00. The van der Waals surface area contributed by atoms with E-state index < -0.39 is 0 Å². The molecule has 0 aliphatic carbocycles. The van der Waals surface area contributed by atoms with E-state index in [1.54, 1.807) is 13.2 Å². The van der Waals surface area contributed by atoms with Gasteiger partial charge in [0.05, 0.1) is 18.5 Å². The van der Waals surface area contributed by atoms with Crippen LogP contribution in [0.3, 0.4) is 0 Å². The zero-order chi connectivity index (χ0) is 17.2. The van der Waals surface area contributed by atoms with Gasteiger partial charge in [0, 0.05) is 45.0 Å². The van der Waals surface area contributed by atoms with Crippen molar-refractivity contribution in [3.8, 4) is 0 Å². The Morgan fingerprint density at radius 2 is 1.92 bits per heavy atom. The van der Waals surface area contributed by atoms with E-state index in [0.29, 0.717) is 12.2 Å².